The van der Waals surface area contributed by atoms with Crippen LogP contribution in [-0.2, 0) is 17.5 Å². The maximum atomic E-state index is 12.7. The SMILES string of the molecule is O=C1CC(c2ncon2)CN1Cc1cccc(C(F)(F)F)c1. The minimum Gasteiger partial charge on any atom is -0.343 e. The van der Waals surface area contributed by atoms with E-state index in [4.69, 9.17) is 0 Å². The predicted molar refractivity (Wildman–Crippen MR) is 68.5 cm³/mol. The smallest absolute Gasteiger partial charge is 0.343 e. The highest BCUT2D eigenvalue weighted by molar-refractivity contribution is 5.79. The van der Waals surface area contributed by atoms with E-state index in [1.54, 1.807) is 6.07 Å². The molecule has 0 saturated carbocycles. The molecular weight excluding hydrogens is 299 g/mol. The third-order valence-corrected chi connectivity index (χ3v) is 3.59. The van der Waals surface area contributed by atoms with Crippen LogP contribution in [0.2, 0.25) is 0 Å². The van der Waals surface area contributed by atoms with Crippen molar-refractivity contribution in [1.82, 2.24) is 15.0 Å². The first kappa shape index (κ1) is 14.6. The van der Waals surface area contributed by atoms with Crippen LogP contribution in [0.5, 0.6) is 0 Å². The number of halogens is 3. The molecule has 22 heavy (non-hydrogen) atoms. The summed E-state index contributed by atoms with van der Waals surface area (Å²) >= 11 is 0. The molecule has 1 aromatic carbocycles. The Morgan fingerprint density at radius 3 is 2.86 bits per heavy atom. The molecule has 3 rings (SSSR count). The van der Waals surface area contributed by atoms with E-state index in [0.29, 0.717) is 17.9 Å². The fourth-order valence-corrected chi connectivity index (χ4v) is 2.52. The molecule has 2 aromatic rings. The molecule has 116 valence electrons. The van der Waals surface area contributed by atoms with Gasteiger partial charge in [-0.05, 0) is 17.7 Å². The summed E-state index contributed by atoms with van der Waals surface area (Å²) in [6.07, 6.45) is -2.97. The van der Waals surface area contributed by atoms with Gasteiger partial charge >= 0.3 is 6.18 Å². The van der Waals surface area contributed by atoms with Gasteiger partial charge in [0.05, 0.1) is 5.56 Å². The van der Waals surface area contributed by atoms with E-state index in [1.807, 2.05) is 0 Å². The first-order valence-electron chi connectivity index (χ1n) is 6.63. The molecule has 0 N–H and O–H groups in total. The lowest BCUT2D eigenvalue weighted by Gasteiger charge is -2.17. The van der Waals surface area contributed by atoms with E-state index >= 15 is 0 Å². The van der Waals surface area contributed by atoms with Crippen LogP contribution < -0.4 is 0 Å². The number of alkyl halides is 3. The molecule has 1 saturated heterocycles. The number of hydrogen-bond donors (Lipinski definition) is 0. The van der Waals surface area contributed by atoms with E-state index in [-0.39, 0.29) is 24.8 Å². The van der Waals surface area contributed by atoms with Gasteiger partial charge in [-0.2, -0.15) is 18.2 Å². The Morgan fingerprint density at radius 2 is 2.18 bits per heavy atom. The molecule has 0 aliphatic carbocycles. The van der Waals surface area contributed by atoms with Crippen LogP contribution in [0.25, 0.3) is 0 Å². The van der Waals surface area contributed by atoms with Crippen molar-refractivity contribution < 1.29 is 22.5 Å². The third kappa shape index (κ3) is 2.95. The molecule has 1 fully saturated rings. The number of hydrogen-bond acceptors (Lipinski definition) is 4. The number of aromatic nitrogens is 2. The van der Waals surface area contributed by atoms with Crippen LogP contribution in [0, 0.1) is 0 Å². The lowest BCUT2D eigenvalue weighted by molar-refractivity contribution is -0.137. The van der Waals surface area contributed by atoms with Crippen LogP contribution in [0.3, 0.4) is 0 Å². The van der Waals surface area contributed by atoms with Gasteiger partial charge in [0, 0.05) is 25.4 Å². The summed E-state index contributed by atoms with van der Waals surface area (Å²) in [6.45, 7) is 0.506. The summed E-state index contributed by atoms with van der Waals surface area (Å²) in [4.78, 5) is 17.4. The van der Waals surface area contributed by atoms with Crippen molar-refractivity contribution in [3.05, 3.63) is 47.6 Å². The van der Waals surface area contributed by atoms with Crippen molar-refractivity contribution >= 4 is 5.91 Å². The number of carbonyl (C=O) groups is 1. The Morgan fingerprint density at radius 1 is 1.36 bits per heavy atom. The van der Waals surface area contributed by atoms with Gasteiger partial charge in [0.1, 0.15) is 0 Å². The standard InChI is InChI=1S/C14H12F3N3O2/c15-14(16,17)11-3-1-2-9(4-11)6-20-7-10(5-12(20)21)13-18-8-22-19-13/h1-4,8,10H,5-7H2. The second-order valence-electron chi connectivity index (χ2n) is 5.16. The normalized spacial score (nSPS) is 19.0. The number of nitrogens with zero attached hydrogens (tertiary/aromatic N) is 3. The molecule has 5 nitrogen and oxygen atoms in total. The maximum absolute atomic E-state index is 12.7. The Bertz CT molecular complexity index is 670. The monoisotopic (exact) mass is 311 g/mol. The van der Waals surface area contributed by atoms with E-state index in [9.17, 15) is 18.0 Å². The minimum atomic E-state index is -4.39. The average Bonchev–Trinajstić information content (AvgIpc) is 3.09. The fraction of sp³-hybridized carbons (Fsp3) is 0.357. The highest BCUT2D eigenvalue weighted by Crippen LogP contribution is 2.31. The first-order valence-corrected chi connectivity index (χ1v) is 6.63. The molecular formula is C14H12F3N3O2. The van der Waals surface area contributed by atoms with Crippen molar-refractivity contribution in [2.24, 2.45) is 0 Å². The molecule has 0 spiro atoms. The molecule has 1 amide bonds. The molecule has 1 aliphatic rings. The fourth-order valence-electron chi connectivity index (χ4n) is 2.52. The maximum Gasteiger partial charge on any atom is 0.416 e. The summed E-state index contributed by atoms with van der Waals surface area (Å²) in [5.41, 5.74) is -0.275. The number of benzene rings is 1. The van der Waals surface area contributed by atoms with Gasteiger partial charge in [0.2, 0.25) is 12.3 Å². The van der Waals surface area contributed by atoms with Crippen LogP contribution in [0.15, 0.2) is 35.2 Å². The summed E-state index contributed by atoms with van der Waals surface area (Å²) in [7, 11) is 0. The molecule has 0 bridgehead atoms. The van der Waals surface area contributed by atoms with Crippen LogP contribution in [-0.4, -0.2) is 27.5 Å². The van der Waals surface area contributed by atoms with Crippen LogP contribution >= 0.6 is 0 Å². The van der Waals surface area contributed by atoms with Crippen molar-refractivity contribution in [2.45, 2.75) is 25.1 Å². The predicted octanol–water partition coefficient (Wildman–Crippen LogP) is 2.60. The van der Waals surface area contributed by atoms with Gasteiger partial charge < -0.3 is 9.42 Å². The largest absolute Gasteiger partial charge is 0.416 e. The highest BCUT2D eigenvalue weighted by atomic mass is 19.4. The molecule has 1 unspecified atom stereocenters. The van der Waals surface area contributed by atoms with Gasteiger partial charge in [-0.1, -0.05) is 17.3 Å². The van der Waals surface area contributed by atoms with Crippen LogP contribution in [0.4, 0.5) is 13.2 Å². The Kier molecular flexibility index (Phi) is 3.59. The second-order valence-corrected chi connectivity index (χ2v) is 5.16. The zero-order valence-corrected chi connectivity index (χ0v) is 11.4. The number of carbonyl (C=O) groups excluding carboxylic acids is 1. The molecule has 1 aromatic heterocycles. The highest BCUT2D eigenvalue weighted by Gasteiger charge is 2.34. The number of rotatable bonds is 3. The molecule has 0 radical (unpaired) electrons. The molecule has 8 heteroatoms. The quantitative estimate of drug-likeness (QED) is 0.874. The Balaban J connectivity index is 1.72. The summed E-state index contributed by atoms with van der Waals surface area (Å²) in [6, 6.07) is 4.99. The zero-order chi connectivity index (χ0) is 15.7. The van der Waals surface area contributed by atoms with Crippen LogP contribution in [0.1, 0.15) is 29.3 Å². The van der Waals surface area contributed by atoms with Gasteiger partial charge in [-0.15, -0.1) is 0 Å². The van der Waals surface area contributed by atoms with E-state index in [2.05, 4.69) is 14.7 Å². The van der Waals surface area contributed by atoms with Crippen molar-refractivity contribution in [1.29, 1.82) is 0 Å². The average molecular weight is 311 g/mol. The van der Waals surface area contributed by atoms with Gasteiger partial charge in [0.25, 0.3) is 0 Å². The molecule has 1 atom stereocenters. The number of amides is 1. The molecule has 2 heterocycles. The lowest BCUT2D eigenvalue weighted by atomic mass is 10.1. The second kappa shape index (κ2) is 5.43. The van der Waals surface area contributed by atoms with Crippen molar-refractivity contribution in [3.8, 4) is 0 Å². The van der Waals surface area contributed by atoms with E-state index < -0.39 is 11.7 Å². The van der Waals surface area contributed by atoms with Crippen molar-refractivity contribution in [3.63, 3.8) is 0 Å². The van der Waals surface area contributed by atoms with E-state index in [0.717, 1.165) is 12.1 Å². The van der Waals surface area contributed by atoms with Gasteiger partial charge in [-0.3, -0.25) is 4.79 Å². The van der Waals surface area contributed by atoms with Crippen molar-refractivity contribution in [2.75, 3.05) is 6.54 Å². The summed E-state index contributed by atoms with van der Waals surface area (Å²) in [5, 5.41) is 3.71. The molecule has 1 aliphatic heterocycles. The first-order chi connectivity index (χ1) is 10.4. The third-order valence-electron chi connectivity index (χ3n) is 3.59. The summed E-state index contributed by atoms with van der Waals surface area (Å²) in [5.74, 6) is 0.129. The Labute approximate surface area is 123 Å². The summed E-state index contributed by atoms with van der Waals surface area (Å²) < 4.78 is 42.7. The Hall–Kier alpha value is -2.38. The van der Waals surface area contributed by atoms with Gasteiger partial charge in [0.15, 0.2) is 5.82 Å². The minimum absolute atomic E-state index is 0.132. The lowest BCUT2D eigenvalue weighted by Crippen LogP contribution is -2.24. The van der Waals surface area contributed by atoms with Gasteiger partial charge in [-0.25, -0.2) is 0 Å². The number of likely N-dealkylation sites (tertiary alicyclic amines) is 1. The topological polar surface area (TPSA) is 59.2 Å². The zero-order valence-electron chi connectivity index (χ0n) is 11.4. The van der Waals surface area contributed by atoms with E-state index in [1.165, 1.54) is 17.4 Å².